The lowest BCUT2D eigenvalue weighted by molar-refractivity contribution is -0.125. The molecule has 2 N–H and O–H groups in total. The smallest absolute Gasteiger partial charge is 0.243 e. The predicted octanol–water partition coefficient (Wildman–Crippen LogP) is 2.22. The van der Waals surface area contributed by atoms with Gasteiger partial charge in [0.05, 0.1) is 18.8 Å². The zero-order chi connectivity index (χ0) is 17.4. The Morgan fingerprint density at radius 2 is 1.83 bits per heavy atom. The molecule has 0 unspecified atom stereocenters. The quantitative estimate of drug-likeness (QED) is 0.567. The van der Waals surface area contributed by atoms with Crippen LogP contribution in [0.1, 0.15) is 20.3 Å². The number of hydrogen-bond donors (Lipinski definition) is 2. The maximum absolute atomic E-state index is 13.4. The van der Waals surface area contributed by atoms with E-state index in [0.29, 0.717) is 18.6 Å². The van der Waals surface area contributed by atoms with Gasteiger partial charge in [0.2, 0.25) is 11.8 Å². The molecule has 2 amide bonds. The van der Waals surface area contributed by atoms with Gasteiger partial charge in [0.1, 0.15) is 0 Å². The molecule has 23 heavy (non-hydrogen) atoms. The highest BCUT2D eigenvalue weighted by atomic mass is 19.2. The van der Waals surface area contributed by atoms with Crippen molar-refractivity contribution in [2.45, 2.75) is 20.3 Å². The van der Waals surface area contributed by atoms with Gasteiger partial charge in [-0.25, -0.2) is 13.2 Å². The number of carbonyl (C=O) groups is 2. The van der Waals surface area contributed by atoms with Gasteiger partial charge >= 0.3 is 0 Å². The molecule has 1 rings (SSSR count). The Hall–Kier alpha value is -2.09. The molecule has 0 radical (unpaired) electrons. The lowest BCUT2D eigenvalue weighted by Crippen LogP contribution is -2.33. The summed E-state index contributed by atoms with van der Waals surface area (Å²) in [5, 5.41) is 4.36. The predicted molar refractivity (Wildman–Crippen MR) is 78.2 cm³/mol. The van der Waals surface area contributed by atoms with Crippen LogP contribution in [-0.4, -0.2) is 31.6 Å². The molecule has 0 spiro atoms. The fraction of sp³-hybridized carbons (Fsp3) is 0.467. The largest absolute Gasteiger partial charge is 0.381 e. The Labute approximate surface area is 132 Å². The van der Waals surface area contributed by atoms with Crippen molar-refractivity contribution in [2.24, 2.45) is 5.92 Å². The molecule has 0 aromatic heterocycles. The van der Waals surface area contributed by atoms with Gasteiger partial charge < -0.3 is 15.4 Å². The molecule has 0 saturated carbocycles. The van der Waals surface area contributed by atoms with E-state index in [2.05, 4.69) is 5.32 Å². The minimum Gasteiger partial charge on any atom is -0.381 e. The van der Waals surface area contributed by atoms with Crippen LogP contribution in [0.4, 0.5) is 18.9 Å². The second-order valence-corrected chi connectivity index (χ2v) is 5.27. The summed E-state index contributed by atoms with van der Waals surface area (Å²) in [5.74, 6) is -5.33. The first-order valence-corrected chi connectivity index (χ1v) is 7.09. The number of halogens is 3. The molecule has 5 nitrogen and oxygen atoms in total. The van der Waals surface area contributed by atoms with Crippen molar-refractivity contribution < 1.29 is 27.5 Å². The van der Waals surface area contributed by atoms with E-state index in [1.165, 1.54) is 0 Å². The van der Waals surface area contributed by atoms with Crippen molar-refractivity contribution in [1.29, 1.82) is 0 Å². The highest BCUT2D eigenvalue weighted by Gasteiger charge is 2.15. The summed E-state index contributed by atoms with van der Waals surface area (Å²) >= 11 is 0. The van der Waals surface area contributed by atoms with E-state index in [9.17, 15) is 22.8 Å². The van der Waals surface area contributed by atoms with E-state index >= 15 is 0 Å². The number of amides is 2. The van der Waals surface area contributed by atoms with Crippen LogP contribution in [0, 0.1) is 23.4 Å². The zero-order valence-electron chi connectivity index (χ0n) is 12.9. The van der Waals surface area contributed by atoms with E-state index in [4.69, 9.17) is 4.74 Å². The van der Waals surface area contributed by atoms with Crippen LogP contribution in [-0.2, 0) is 14.3 Å². The van der Waals surface area contributed by atoms with Gasteiger partial charge in [0.25, 0.3) is 0 Å². The highest BCUT2D eigenvalue weighted by molar-refractivity contribution is 5.94. The van der Waals surface area contributed by atoms with E-state index in [-0.39, 0.29) is 13.0 Å². The van der Waals surface area contributed by atoms with Gasteiger partial charge in [-0.05, 0) is 18.1 Å². The zero-order valence-corrected chi connectivity index (χ0v) is 12.9. The maximum atomic E-state index is 13.4. The van der Waals surface area contributed by atoms with Gasteiger partial charge in [0.15, 0.2) is 17.5 Å². The monoisotopic (exact) mass is 332 g/mol. The molecule has 0 aliphatic heterocycles. The number of nitrogens with one attached hydrogen (secondary N) is 2. The summed E-state index contributed by atoms with van der Waals surface area (Å²) in [5.41, 5.74) is -0.497. The first-order valence-electron chi connectivity index (χ1n) is 7.09. The van der Waals surface area contributed by atoms with Crippen molar-refractivity contribution in [1.82, 2.24) is 5.32 Å². The topological polar surface area (TPSA) is 67.4 Å². The number of ether oxygens (including phenoxy) is 1. The first kappa shape index (κ1) is 19.0. The SMILES string of the molecule is CC(C)COCCC(=O)NCC(=O)Nc1ccc(F)c(F)c1F. The Morgan fingerprint density at radius 3 is 2.48 bits per heavy atom. The van der Waals surface area contributed by atoms with E-state index in [0.717, 1.165) is 6.07 Å². The number of hydrogen-bond acceptors (Lipinski definition) is 3. The molecule has 0 heterocycles. The van der Waals surface area contributed by atoms with Crippen LogP contribution >= 0.6 is 0 Å². The highest BCUT2D eigenvalue weighted by Crippen LogP contribution is 2.19. The second-order valence-electron chi connectivity index (χ2n) is 5.27. The molecule has 0 bridgehead atoms. The molecule has 0 saturated heterocycles. The third-order valence-electron chi connectivity index (χ3n) is 2.68. The lowest BCUT2D eigenvalue weighted by Gasteiger charge is -2.09. The normalized spacial score (nSPS) is 10.7. The summed E-state index contributed by atoms with van der Waals surface area (Å²) in [6, 6.07) is 1.59. The number of carbonyl (C=O) groups excluding carboxylic acids is 2. The van der Waals surface area contributed by atoms with Crippen LogP contribution in [0.5, 0.6) is 0 Å². The third kappa shape index (κ3) is 6.68. The molecule has 0 aliphatic carbocycles. The number of rotatable bonds is 8. The number of benzene rings is 1. The Morgan fingerprint density at radius 1 is 1.13 bits per heavy atom. The molecule has 0 fully saturated rings. The molecular formula is C15H19F3N2O3. The maximum Gasteiger partial charge on any atom is 0.243 e. The summed E-state index contributed by atoms with van der Waals surface area (Å²) in [7, 11) is 0. The summed E-state index contributed by atoms with van der Waals surface area (Å²) in [6.45, 7) is 4.29. The fourth-order valence-electron chi connectivity index (χ4n) is 1.57. The van der Waals surface area contributed by atoms with E-state index in [1.807, 2.05) is 19.2 Å². The second kappa shape index (κ2) is 9.14. The Balaban J connectivity index is 2.34. The van der Waals surface area contributed by atoms with Crippen molar-refractivity contribution in [3.05, 3.63) is 29.6 Å². The lowest BCUT2D eigenvalue weighted by atomic mass is 10.2. The van der Waals surface area contributed by atoms with Crippen molar-refractivity contribution in [2.75, 3.05) is 25.1 Å². The van der Waals surface area contributed by atoms with Gasteiger partial charge in [-0.3, -0.25) is 9.59 Å². The third-order valence-corrected chi connectivity index (χ3v) is 2.68. The van der Waals surface area contributed by atoms with Crippen LogP contribution in [0.2, 0.25) is 0 Å². The number of anilines is 1. The molecular weight excluding hydrogens is 313 g/mol. The summed E-state index contributed by atoms with van der Waals surface area (Å²) in [4.78, 5) is 23.0. The van der Waals surface area contributed by atoms with Crippen molar-refractivity contribution in [3.63, 3.8) is 0 Å². The van der Waals surface area contributed by atoms with Crippen LogP contribution < -0.4 is 10.6 Å². The molecule has 0 atom stereocenters. The Kier molecular flexibility index (Phi) is 7.53. The molecule has 1 aromatic carbocycles. The molecule has 128 valence electrons. The van der Waals surface area contributed by atoms with E-state index < -0.39 is 41.5 Å². The summed E-state index contributed by atoms with van der Waals surface area (Å²) < 4.78 is 44.3. The summed E-state index contributed by atoms with van der Waals surface area (Å²) in [6.07, 6.45) is 0.0829. The van der Waals surface area contributed by atoms with Gasteiger partial charge in [-0.1, -0.05) is 13.8 Å². The molecule has 0 aliphatic rings. The molecule has 8 heteroatoms. The van der Waals surface area contributed by atoms with Gasteiger partial charge in [-0.15, -0.1) is 0 Å². The van der Waals surface area contributed by atoms with Gasteiger partial charge in [-0.2, -0.15) is 0 Å². The van der Waals surface area contributed by atoms with Gasteiger partial charge in [0, 0.05) is 13.0 Å². The standard InChI is InChI=1S/C15H19F3N2O3/c1-9(2)8-23-6-5-12(21)19-7-13(22)20-11-4-3-10(16)14(17)15(11)18/h3-4,9H,5-8H2,1-2H3,(H,19,21)(H,20,22). The minimum absolute atomic E-state index is 0.0829. The van der Waals surface area contributed by atoms with Crippen molar-refractivity contribution >= 4 is 17.5 Å². The van der Waals surface area contributed by atoms with Crippen LogP contribution in [0.25, 0.3) is 0 Å². The minimum atomic E-state index is -1.67. The van der Waals surface area contributed by atoms with Crippen LogP contribution in [0.3, 0.4) is 0 Å². The molecule has 1 aromatic rings. The fourth-order valence-corrected chi connectivity index (χ4v) is 1.57. The average Bonchev–Trinajstić information content (AvgIpc) is 2.50. The van der Waals surface area contributed by atoms with Crippen LogP contribution in [0.15, 0.2) is 12.1 Å². The Bertz CT molecular complexity index is 565. The van der Waals surface area contributed by atoms with Crippen molar-refractivity contribution in [3.8, 4) is 0 Å². The van der Waals surface area contributed by atoms with E-state index in [1.54, 1.807) is 0 Å². The average molecular weight is 332 g/mol. The first-order chi connectivity index (χ1) is 10.8.